The molecular weight excluding hydrogens is 283 g/mol. The van der Waals surface area contributed by atoms with Crippen molar-refractivity contribution in [1.82, 2.24) is 0 Å². The molecule has 0 unspecified atom stereocenters. The summed E-state index contributed by atoms with van der Waals surface area (Å²) in [5.74, 6) is -0.535. The van der Waals surface area contributed by atoms with Gasteiger partial charge in [0.25, 0.3) is 0 Å². The summed E-state index contributed by atoms with van der Waals surface area (Å²) in [4.78, 5) is 0. The summed E-state index contributed by atoms with van der Waals surface area (Å²) in [7, 11) is 1.35. The molecular formula is C17H13FN2O2. The van der Waals surface area contributed by atoms with Crippen LogP contribution in [0, 0.1) is 35.4 Å². The van der Waals surface area contributed by atoms with Gasteiger partial charge in [-0.2, -0.15) is 10.5 Å². The Morgan fingerprint density at radius 1 is 1.23 bits per heavy atom. The highest BCUT2D eigenvalue weighted by molar-refractivity contribution is 5.62. The van der Waals surface area contributed by atoms with Crippen LogP contribution >= 0.6 is 0 Å². The third kappa shape index (κ3) is 2.70. The van der Waals surface area contributed by atoms with Crippen molar-refractivity contribution < 1.29 is 14.2 Å². The van der Waals surface area contributed by atoms with E-state index in [0.717, 1.165) is 5.56 Å². The zero-order valence-corrected chi connectivity index (χ0v) is 12.1. The van der Waals surface area contributed by atoms with Crippen molar-refractivity contribution in [3.63, 3.8) is 0 Å². The second kappa shape index (κ2) is 6.15. The molecule has 0 aliphatic rings. The van der Waals surface area contributed by atoms with E-state index in [1.54, 1.807) is 19.1 Å². The first-order chi connectivity index (χ1) is 10.5. The summed E-state index contributed by atoms with van der Waals surface area (Å²) in [6, 6.07) is 9.88. The number of rotatable bonds is 3. The number of phenols is 1. The number of halogens is 1. The van der Waals surface area contributed by atoms with Crippen LogP contribution in [0.25, 0.3) is 0 Å². The summed E-state index contributed by atoms with van der Waals surface area (Å²) in [5, 5.41) is 28.6. The lowest BCUT2D eigenvalue weighted by molar-refractivity contribution is 0.372. The van der Waals surface area contributed by atoms with Crippen LogP contribution in [0.2, 0.25) is 0 Å². The van der Waals surface area contributed by atoms with Crippen molar-refractivity contribution in [2.45, 2.75) is 13.3 Å². The van der Waals surface area contributed by atoms with Gasteiger partial charge in [-0.3, -0.25) is 0 Å². The van der Waals surface area contributed by atoms with Gasteiger partial charge in [-0.25, -0.2) is 4.39 Å². The molecule has 0 spiro atoms. The number of nitrogens with zero attached hydrogens (tertiary/aromatic N) is 2. The van der Waals surface area contributed by atoms with Crippen molar-refractivity contribution in [2.75, 3.05) is 7.11 Å². The largest absolute Gasteiger partial charge is 0.503 e. The molecule has 0 aliphatic carbocycles. The zero-order chi connectivity index (χ0) is 16.3. The summed E-state index contributed by atoms with van der Waals surface area (Å²) < 4.78 is 18.3. The highest BCUT2D eigenvalue weighted by Gasteiger charge is 2.18. The standard InChI is InChI=1S/C17H13FN2O2/c1-10-5-11(3-4-15(10)18)6-13-12(8-19)7-16(22-2)17(21)14(13)9-20/h3-5,7,21H,6H2,1-2H3. The van der Waals surface area contributed by atoms with E-state index in [-0.39, 0.29) is 34.9 Å². The van der Waals surface area contributed by atoms with Crippen LogP contribution < -0.4 is 4.74 Å². The Balaban J connectivity index is 2.59. The average molecular weight is 296 g/mol. The van der Waals surface area contributed by atoms with Crippen molar-refractivity contribution in [3.8, 4) is 23.6 Å². The molecule has 0 saturated heterocycles. The van der Waals surface area contributed by atoms with Crippen LogP contribution in [-0.4, -0.2) is 12.2 Å². The molecule has 0 atom stereocenters. The molecule has 0 heterocycles. The predicted molar refractivity (Wildman–Crippen MR) is 78.0 cm³/mol. The van der Waals surface area contributed by atoms with Gasteiger partial charge in [-0.1, -0.05) is 12.1 Å². The number of methoxy groups -OCH3 is 1. The maximum atomic E-state index is 13.3. The number of aromatic hydroxyl groups is 1. The molecule has 0 aromatic heterocycles. The van der Waals surface area contributed by atoms with Crippen LogP contribution in [0.4, 0.5) is 4.39 Å². The molecule has 22 heavy (non-hydrogen) atoms. The molecule has 0 saturated carbocycles. The molecule has 0 aliphatic heterocycles. The fraction of sp³-hybridized carbons (Fsp3) is 0.176. The summed E-state index contributed by atoms with van der Waals surface area (Å²) in [6.07, 6.45) is 0.241. The molecule has 2 rings (SSSR count). The highest BCUT2D eigenvalue weighted by atomic mass is 19.1. The quantitative estimate of drug-likeness (QED) is 0.943. The minimum Gasteiger partial charge on any atom is -0.503 e. The third-order valence-corrected chi connectivity index (χ3v) is 3.43. The van der Waals surface area contributed by atoms with Crippen LogP contribution in [0.3, 0.4) is 0 Å². The lowest BCUT2D eigenvalue weighted by Crippen LogP contribution is -2.00. The fourth-order valence-corrected chi connectivity index (χ4v) is 2.27. The smallest absolute Gasteiger partial charge is 0.176 e. The lowest BCUT2D eigenvalue weighted by atomic mass is 9.94. The number of phenolic OH excluding ortho intramolecular Hbond substituents is 1. The maximum Gasteiger partial charge on any atom is 0.176 e. The average Bonchev–Trinajstić information content (AvgIpc) is 2.51. The molecule has 4 nitrogen and oxygen atoms in total. The predicted octanol–water partition coefficient (Wildman–Crippen LogP) is 3.18. The lowest BCUT2D eigenvalue weighted by Gasteiger charge is -2.12. The summed E-state index contributed by atoms with van der Waals surface area (Å²) in [5.41, 5.74) is 1.86. The fourth-order valence-electron chi connectivity index (χ4n) is 2.27. The topological polar surface area (TPSA) is 77.0 Å². The van der Waals surface area contributed by atoms with E-state index in [1.807, 2.05) is 12.1 Å². The first-order valence-corrected chi connectivity index (χ1v) is 6.49. The van der Waals surface area contributed by atoms with Gasteiger partial charge in [0.15, 0.2) is 11.5 Å². The van der Waals surface area contributed by atoms with Crippen LogP contribution in [0.15, 0.2) is 24.3 Å². The van der Waals surface area contributed by atoms with Crippen molar-refractivity contribution in [2.24, 2.45) is 0 Å². The minimum absolute atomic E-state index is 0.00196. The molecule has 0 fully saturated rings. The van der Waals surface area contributed by atoms with Gasteiger partial charge in [0.05, 0.1) is 18.7 Å². The molecule has 110 valence electrons. The van der Waals surface area contributed by atoms with Crippen LogP contribution in [0.1, 0.15) is 27.8 Å². The normalized spacial score (nSPS) is 9.86. The highest BCUT2D eigenvalue weighted by Crippen LogP contribution is 2.35. The number of benzene rings is 2. The maximum absolute atomic E-state index is 13.3. The summed E-state index contributed by atoms with van der Waals surface area (Å²) in [6.45, 7) is 1.64. The van der Waals surface area contributed by atoms with Gasteiger partial charge in [-0.05, 0) is 29.7 Å². The number of nitriles is 2. The van der Waals surface area contributed by atoms with Gasteiger partial charge in [-0.15, -0.1) is 0 Å². The van der Waals surface area contributed by atoms with Gasteiger partial charge < -0.3 is 9.84 Å². The number of ether oxygens (including phenoxy) is 1. The third-order valence-electron chi connectivity index (χ3n) is 3.43. The Morgan fingerprint density at radius 3 is 2.50 bits per heavy atom. The second-order valence-corrected chi connectivity index (χ2v) is 4.81. The van der Waals surface area contributed by atoms with Crippen molar-refractivity contribution >= 4 is 0 Å². The number of hydrogen-bond acceptors (Lipinski definition) is 4. The second-order valence-electron chi connectivity index (χ2n) is 4.81. The Labute approximate surface area is 127 Å². The molecule has 5 heteroatoms. The zero-order valence-electron chi connectivity index (χ0n) is 12.1. The van der Waals surface area contributed by atoms with E-state index in [2.05, 4.69) is 0 Å². The van der Waals surface area contributed by atoms with Crippen LogP contribution in [-0.2, 0) is 6.42 Å². The van der Waals surface area contributed by atoms with Gasteiger partial charge in [0.1, 0.15) is 17.4 Å². The monoisotopic (exact) mass is 296 g/mol. The van der Waals surface area contributed by atoms with Crippen molar-refractivity contribution in [3.05, 3.63) is 57.9 Å². The van der Waals surface area contributed by atoms with Crippen molar-refractivity contribution in [1.29, 1.82) is 10.5 Å². The Hall–Kier alpha value is -3.05. The van der Waals surface area contributed by atoms with Gasteiger partial charge in [0.2, 0.25) is 0 Å². The molecule has 1 N–H and O–H groups in total. The molecule has 2 aromatic rings. The van der Waals surface area contributed by atoms with E-state index in [1.165, 1.54) is 19.2 Å². The summed E-state index contributed by atoms with van der Waals surface area (Å²) >= 11 is 0. The number of hydrogen-bond donors (Lipinski definition) is 1. The van der Waals surface area contributed by atoms with Gasteiger partial charge >= 0.3 is 0 Å². The Bertz CT molecular complexity index is 817. The molecule has 0 bridgehead atoms. The molecule has 0 radical (unpaired) electrons. The van der Waals surface area contributed by atoms with Crippen LogP contribution in [0.5, 0.6) is 11.5 Å². The minimum atomic E-state index is -0.317. The first-order valence-electron chi connectivity index (χ1n) is 6.49. The number of aryl methyl sites for hydroxylation is 1. The SMILES string of the molecule is COc1cc(C#N)c(Cc2ccc(F)c(C)c2)c(C#N)c1O. The Morgan fingerprint density at radius 2 is 1.95 bits per heavy atom. The molecule has 0 amide bonds. The Kier molecular flexibility index (Phi) is 4.29. The first kappa shape index (κ1) is 15.3. The van der Waals surface area contributed by atoms with E-state index in [9.17, 15) is 20.0 Å². The van der Waals surface area contributed by atoms with E-state index in [4.69, 9.17) is 4.74 Å². The van der Waals surface area contributed by atoms with E-state index < -0.39 is 0 Å². The van der Waals surface area contributed by atoms with E-state index in [0.29, 0.717) is 11.1 Å². The van der Waals surface area contributed by atoms with E-state index >= 15 is 0 Å². The molecule has 2 aromatic carbocycles. The van der Waals surface area contributed by atoms with Gasteiger partial charge in [0, 0.05) is 12.5 Å².